The van der Waals surface area contributed by atoms with Crippen LogP contribution in [0.4, 0.5) is 14.0 Å². The van der Waals surface area contributed by atoms with Gasteiger partial charge in [0.15, 0.2) is 0 Å². The van der Waals surface area contributed by atoms with Crippen LogP contribution in [0.1, 0.15) is 88.3 Å². The highest BCUT2D eigenvalue weighted by atomic mass is 35.5. The average Bonchev–Trinajstić information content (AvgIpc) is 3.27. The van der Waals surface area contributed by atoms with Crippen molar-refractivity contribution in [2.24, 2.45) is 22.9 Å². The van der Waals surface area contributed by atoms with E-state index in [2.05, 4.69) is 18.0 Å². The number of alkyl halides is 1. The molecule has 340 valence electrons. The largest absolute Gasteiger partial charge is 0.459 e. The summed E-state index contributed by atoms with van der Waals surface area (Å²) >= 11 is 6.06. The fourth-order valence-corrected chi connectivity index (χ4v) is 9.19. The Morgan fingerprint density at radius 1 is 1.02 bits per heavy atom. The smallest absolute Gasteiger partial charge is 0.412 e. The number of benzene rings is 3. The number of unbranched alkanes of at least 4 members (excludes halogenated alkanes) is 2. The highest BCUT2D eigenvalue weighted by Crippen LogP contribution is 2.62. The first kappa shape index (κ1) is 47.5. The van der Waals surface area contributed by atoms with Gasteiger partial charge in [0.25, 0.3) is 0 Å². The second kappa shape index (κ2) is 22.1. The maximum Gasteiger partial charge on any atom is 0.412 e. The Kier molecular flexibility index (Phi) is 16.7. The Labute approximate surface area is 375 Å². The quantitative estimate of drug-likeness (QED) is 0.0437. The van der Waals surface area contributed by atoms with Crippen LogP contribution in [0.3, 0.4) is 0 Å². The topological polar surface area (TPSA) is 148 Å². The number of carbonyl (C=O) groups is 2. The third-order valence-electron chi connectivity index (χ3n) is 11.7. The number of aliphatic hydroxyl groups is 2. The number of amides is 2. The fraction of sp³-hybridized carbons (Fsp3) is 0.490. The molecule has 0 saturated heterocycles. The highest BCUT2D eigenvalue weighted by molar-refractivity contribution is 6.18. The first-order chi connectivity index (χ1) is 30.4. The van der Waals surface area contributed by atoms with Crippen molar-refractivity contribution in [1.29, 1.82) is 0 Å². The molecule has 63 heavy (non-hydrogen) atoms. The number of allylic oxidation sites excluding steroid dienone is 1. The highest BCUT2D eigenvalue weighted by Gasteiger charge is 2.65. The summed E-state index contributed by atoms with van der Waals surface area (Å²) in [6, 6.07) is 19.8. The number of rotatable bonds is 20. The van der Waals surface area contributed by atoms with Crippen molar-refractivity contribution in [2.45, 2.75) is 102 Å². The van der Waals surface area contributed by atoms with Crippen molar-refractivity contribution in [1.82, 2.24) is 10.2 Å². The minimum absolute atomic E-state index is 0.0000907. The Bertz CT molecular complexity index is 2060. The molecule has 3 N–H and O–H groups in total. The minimum atomic E-state index is -1.58. The summed E-state index contributed by atoms with van der Waals surface area (Å²) < 4.78 is 40.2. The maximum atomic E-state index is 14.5. The number of carbonyl (C=O) groups excluding carboxylic acids is 2. The standard InChI is InChI=1S/C49H61ClFN3O9/c1-5-26-60-49-43(54(47(58)59-27-23-50)32-34-17-19-36(51)20-18-34)30-41(53-63-48(2,3)4)39-28-35(15-9-11-24-55)38(16-10-12-25-56)44(45(39)49)40-29-37(21-22-42(40)62-49)61-46(57)52-31-33-13-7-6-8-14-33/h5-8,13-14,17-22,28-29,35,38,43-45,55-56H,1,9-12,15-16,23-27,30-32H2,2-4H3,(H,52,57)/t35-,38+,43-,44+,45+,49+/m0/s1. The van der Waals surface area contributed by atoms with E-state index in [0.717, 1.165) is 36.0 Å². The van der Waals surface area contributed by atoms with Crippen LogP contribution in [0.5, 0.6) is 11.5 Å². The minimum Gasteiger partial charge on any atom is -0.459 e. The summed E-state index contributed by atoms with van der Waals surface area (Å²) in [5.41, 5.74) is 3.10. The molecule has 1 heterocycles. The summed E-state index contributed by atoms with van der Waals surface area (Å²) in [5.74, 6) is -2.24. The molecular formula is C49H61ClFN3O9. The Balaban J connectivity index is 1.56. The van der Waals surface area contributed by atoms with Crippen molar-refractivity contribution in [3.63, 3.8) is 0 Å². The van der Waals surface area contributed by atoms with E-state index in [1.165, 1.54) is 12.1 Å². The Morgan fingerprint density at radius 2 is 1.75 bits per heavy atom. The molecule has 1 aliphatic heterocycles. The van der Waals surface area contributed by atoms with Crippen LogP contribution in [-0.2, 0) is 27.4 Å². The van der Waals surface area contributed by atoms with Gasteiger partial charge in [-0.15, -0.1) is 18.2 Å². The first-order valence-electron chi connectivity index (χ1n) is 21.9. The van der Waals surface area contributed by atoms with Crippen LogP contribution in [0.25, 0.3) is 0 Å². The number of oxime groups is 1. The van der Waals surface area contributed by atoms with Crippen molar-refractivity contribution in [2.75, 3.05) is 32.3 Å². The molecule has 3 aromatic rings. The summed E-state index contributed by atoms with van der Waals surface area (Å²) in [6.07, 6.45) is 6.86. The van der Waals surface area contributed by atoms with E-state index in [0.29, 0.717) is 42.0 Å². The van der Waals surface area contributed by atoms with Gasteiger partial charge in [-0.1, -0.05) is 72.6 Å². The average molecular weight is 890 g/mol. The molecule has 3 aromatic carbocycles. The zero-order valence-electron chi connectivity index (χ0n) is 36.5. The van der Waals surface area contributed by atoms with Crippen molar-refractivity contribution in [3.8, 4) is 11.5 Å². The lowest BCUT2D eigenvalue weighted by molar-refractivity contribution is -0.256. The van der Waals surface area contributed by atoms with Gasteiger partial charge in [0.05, 0.1) is 24.1 Å². The number of halogens is 2. The van der Waals surface area contributed by atoms with Gasteiger partial charge < -0.3 is 39.3 Å². The first-order valence-corrected chi connectivity index (χ1v) is 22.4. The molecule has 0 bridgehead atoms. The van der Waals surface area contributed by atoms with E-state index < -0.39 is 41.4 Å². The van der Waals surface area contributed by atoms with Crippen molar-refractivity contribution < 1.29 is 48.0 Å². The van der Waals surface area contributed by atoms with Crippen LogP contribution >= 0.6 is 11.6 Å². The number of hydrogen-bond acceptors (Lipinski definition) is 10. The molecular weight excluding hydrogens is 829 g/mol. The number of fused-ring (bicyclic) bond motifs is 2. The van der Waals surface area contributed by atoms with Crippen LogP contribution in [0.2, 0.25) is 0 Å². The van der Waals surface area contributed by atoms with Gasteiger partial charge in [0, 0.05) is 44.2 Å². The summed E-state index contributed by atoms with van der Waals surface area (Å²) in [4.78, 5) is 35.5. The zero-order chi connectivity index (χ0) is 45.0. The predicted octanol–water partition coefficient (Wildman–Crippen LogP) is 9.42. The molecule has 2 aliphatic carbocycles. The van der Waals surface area contributed by atoms with Gasteiger partial charge >= 0.3 is 12.2 Å². The van der Waals surface area contributed by atoms with E-state index in [4.69, 9.17) is 40.5 Å². The van der Waals surface area contributed by atoms with Crippen LogP contribution in [-0.4, -0.2) is 82.7 Å². The zero-order valence-corrected chi connectivity index (χ0v) is 37.2. The molecule has 0 aromatic heterocycles. The van der Waals surface area contributed by atoms with Gasteiger partial charge in [-0.2, -0.15) is 0 Å². The monoisotopic (exact) mass is 889 g/mol. The molecule has 6 rings (SSSR count). The van der Waals surface area contributed by atoms with Gasteiger partial charge in [-0.3, -0.25) is 4.90 Å². The van der Waals surface area contributed by atoms with Crippen LogP contribution < -0.4 is 14.8 Å². The molecule has 1 fully saturated rings. The summed E-state index contributed by atoms with van der Waals surface area (Å²) in [5, 5.41) is 27.6. The van der Waals surface area contributed by atoms with Gasteiger partial charge in [0.2, 0.25) is 5.79 Å². The number of nitrogens with one attached hydrogen (secondary N) is 1. The van der Waals surface area contributed by atoms with E-state index in [-0.39, 0.29) is 69.6 Å². The summed E-state index contributed by atoms with van der Waals surface area (Å²) in [7, 11) is 0. The molecule has 1 saturated carbocycles. The predicted molar refractivity (Wildman–Crippen MR) is 239 cm³/mol. The molecule has 12 nitrogen and oxygen atoms in total. The molecule has 0 spiro atoms. The van der Waals surface area contributed by atoms with Gasteiger partial charge in [-0.25, -0.2) is 14.0 Å². The normalized spacial score (nSPS) is 23.1. The third kappa shape index (κ3) is 11.8. The molecule has 2 amide bonds. The van der Waals surface area contributed by atoms with Crippen molar-refractivity contribution in [3.05, 3.63) is 120 Å². The molecule has 3 aliphatic rings. The Hall–Kier alpha value is -4.95. The lowest BCUT2D eigenvalue weighted by atomic mass is 9.55. The molecule has 6 atom stereocenters. The second-order valence-electron chi connectivity index (χ2n) is 17.3. The third-order valence-corrected chi connectivity index (χ3v) is 11.9. The van der Waals surface area contributed by atoms with E-state index in [9.17, 15) is 24.2 Å². The van der Waals surface area contributed by atoms with Gasteiger partial charge in [-0.05, 0) is 105 Å². The van der Waals surface area contributed by atoms with Crippen LogP contribution in [0.15, 0.2) is 102 Å². The number of nitrogens with zero attached hydrogens (tertiary/aromatic N) is 2. The Morgan fingerprint density at radius 3 is 2.43 bits per heavy atom. The van der Waals surface area contributed by atoms with Crippen LogP contribution in [0, 0.1) is 23.6 Å². The number of ether oxygens (including phenoxy) is 4. The molecule has 14 heteroatoms. The SMILES string of the molecule is C=CCO[C@@]12Oc3ccc(OC(=O)NCc4ccccc4)cc3[C@H]3[C@H](CCCCO)[C@@H](CCCCO)C=C(C(=NOC(C)(C)C)C[C@@H]1N(Cc1ccc(F)cc1)C(=O)OCCCl)[C@H]32. The molecule has 0 radical (unpaired) electrons. The van der Waals surface area contributed by atoms with E-state index in [1.54, 1.807) is 35.2 Å². The maximum absolute atomic E-state index is 14.5. The van der Waals surface area contributed by atoms with Gasteiger partial charge in [0.1, 0.15) is 35.6 Å². The van der Waals surface area contributed by atoms with Crippen molar-refractivity contribution >= 4 is 29.5 Å². The lowest BCUT2D eigenvalue weighted by Crippen LogP contribution is -2.70. The number of hydrogen-bond donors (Lipinski definition) is 3. The van der Waals surface area contributed by atoms with E-state index in [1.807, 2.05) is 57.2 Å². The second-order valence-corrected chi connectivity index (χ2v) is 17.6. The molecule has 0 unspecified atom stereocenters. The lowest BCUT2D eigenvalue weighted by Gasteiger charge is -2.60. The van der Waals surface area contributed by atoms with E-state index >= 15 is 0 Å². The fourth-order valence-electron chi connectivity index (χ4n) is 9.11. The number of aliphatic hydroxyl groups excluding tert-OH is 2. The summed E-state index contributed by atoms with van der Waals surface area (Å²) in [6.45, 7) is 10.1.